The molecule has 18 heavy (non-hydrogen) atoms. The molecule has 102 valence electrons. The molecule has 0 aliphatic rings. The predicted molar refractivity (Wildman–Crippen MR) is 80.3 cm³/mol. The van der Waals surface area contributed by atoms with Gasteiger partial charge in [0.05, 0.1) is 0 Å². The van der Waals surface area contributed by atoms with Crippen LogP contribution in [-0.2, 0) is 6.54 Å². The molecule has 1 aromatic rings. The van der Waals surface area contributed by atoms with Crippen LogP contribution in [0, 0.1) is 6.92 Å². The minimum atomic E-state index is 0.187. The van der Waals surface area contributed by atoms with Gasteiger partial charge >= 0.3 is 0 Å². The van der Waals surface area contributed by atoms with E-state index in [1.807, 2.05) is 6.07 Å². The molecule has 0 amide bonds. The predicted octanol–water partition coefficient (Wildman–Crippen LogP) is 3.47. The fourth-order valence-electron chi connectivity index (χ4n) is 1.80. The van der Waals surface area contributed by atoms with E-state index in [0.29, 0.717) is 0 Å². The molecule has 0 aliphatic heterocycles. The molecule has 0 aromatic heterocycles. The summed E-state index contributed by atoms with van der Waals surface area (Å²) >= 11 is 6.03. The van der Waals surface area contributed by atoms with E-state index in [1.165, 1.54) is 11.1 Å². The van der Waals surface area contributed by atoms with E-state index in [4.69, 9.17) is 11.6 Å². The molecule has 2 nitrogen and oxygen atoms in total. The summed E-state index contributed by atoms with van der Waals surface area (Å²) in [5.74, 6) is 0. The Morgan fingerprint density at radius 2 is 1.94 bits per heavy atom. The van der Waals surface area contributed by atoms with Crippen molar-refractivity contribution in [2.45, 2.75) is 39.8 Å². The zero-order chi connectivity index (χ0) is 13.8. The van der Waals surface area contributed by atoms with Crippen LogP contribution in [-0.4, -0.2) is 30.6 Å². The number of nitrogens with one attached hydrogen (secondary N) is 1. The molecule has 0 fully saturated rings. The first-order chi connectivity index (χ1) is 8.28. The molecule has 1 aromatic carbocycles. The highest BCUT2D eigenvalue weighted by molar-refractivity contribution is 6.30. The maximum atomic E-state index is 6.03. The second-order valence-corrected chi connectivity index (χ2v) is 6.42. The Balaban J connectivity index is 2.44. The number of aryl methyl sites for hydroxylation is 1. The van der Waals surface area contributed by atoms with Crippen molar-refractivity contribution in [1.82, 2.24) is 10.2 Å². The molecule has 0 radical (unpaired) electrons. The fourth-order valence-corrected chi connectivity index (χ4v) is 2.00. The van der Waals surface area contributed by atoms with Gasteiger partial charge in [-0.05, 0) is 58.0 Å². The van der Waals surface area contributed by atoms with Crippen molar-refractivity contribution >= 4 is 11.6 Å². The number of nitrogens with zero attached hydrogens (tertiary/aromatic N) is 1. The molecular formula is C15H25ClN2. The van der Waals surface area contributed by atoms with Crippen molar-refractivity contribution in [2.75, 3.05) is 20.1 Å². The van der Waals surface area contributed by atoms with Gasteiger partial charge in [0.1, 0.15) is 0 Å². The van der Waals surface area contributed by atoms with E-state index in [1.54, 1.807) is 0 Å². The minimum Gasteiger partial charge on any atom is -0.311 e. The SMILES string of the molecule is Cc1ccc(Cl)cc1CN(C)CCNC(C)(C)C. The molecule has 0 saturated carbocycles. The van der Waals surface area contributed by atoms with Crippen LogP contribution >= 0.6 is 11.6 Å². The van der Waals surface area contributed by atoms with Gasteiger partial charge in [0.25, 0.3) is 0 Å². The third-order valence-electron chi connectivity index (χ3n) is 2.90. The smallest absolute Gasteiger partial charge is 0.0409 e. The van der Waals surface area contributed by atoms with E-state index in [-0.39, 0.29) is 5.54 Å². The van der Waals surface area contributed by atoms with Crippen LogP contribution in [0.25, 0.3) is 0 Å². The summed E-state index contributed by atoms with van der Waals surface area (Å²) in [6.07, 6.45) is 0. The molecule has 0 aliphatic carbocycles. The van der Waals surface area contributed by atoms with Gasteiger partial charge in [-0.15, -0.1) is 0 Å². The Morgan fingerprint density at radius 1 is 1.28 bits per heavy atom. The standard InChI is InChI=1S/C15H25ClN2/c1-12-6-7-14(16)10-13(12)11-18(5)9-8-17-15(2,3)4/h6-7,10,17H,8-9,11H2,1-5H3. The third kappa shape index (κ3) is 5.85. The molecule has 0 heterocycles. The van der Waals surface area contributed by atoms with Gasteiger partial charge in [-0.2, -0.15) is 0 Å². The Hall–Kier alpha value is -0.570. The quantitative estimate of drug-likeness (QED) is 0.880. The van der Waals surface area contributed by atoms with E-state index < -0.39 is 0 Å². The highest BCUT2D eigenvalue weighted by Crippen LogP contribution is 2.16. The normalized spacial score (nSPS) is 12.2. The van der Waals surface area contributed by atoms with E-state index in [2.05, 4.69) is 57.1 Å². The zero-order valence-electron chi connectivity index (χ0n) is 12.2. The summed E-state index contributed by atoms with van der Waals surface area (Å²) in [6.45, 7) is 11.7. The number of halogens is 1. The highest BCUT2D eigenvalue weighted by atomic mass is 35.5. The summed E-state index contributed by atoms with van der Waals surface area (Å²) in [5.41, 5.74) is 2.79. The van der Waals surface area contributed by atoms with Crippen LogP contribution in [0.5, 0.6) is 0 Å². The molecule has 0 unspecified atom stereocenters. The highest BCUT2D eigenvalue weighted by Gasteiger charge is 2.09. The lowest BCUT2D eigenvalue weighted by atomic mass is 10.1. The second-order valence-electron chi connectivity index (χ2n) is 5.99. The van der Waals surface area contributed by atoms with Gasteiger partial charge in [0.2, 0.25) is 0 Å². The summed E-state index contributed by atoms with van der Waals surface area (Å²) in [5, 5.41) is 4.31. The van der Waals surface area contributed by atoms with Gasteiger partial charge in [-0.3, -0.25) is 0 Å². The van der Waals surface area contributed by atoms with E-state index in [0.717, 1.165) is 24.7 Å². The lowest BCUT2D eigenvalue weighted by Crippen LogP contribution is -2.40. The van der Waals surface area contributed by atoms with Crippen LogP contribution < -0.4 is 5.32 Å². The first-order valence-electron chi connectivity index (χ1n) is 6.46. The van der Waals surface area contributed by atoms with Gasteiger partial charge in [0.15, 0.2) is 0 Å². The van der Waals surface area contributed by atoms with Crippen molar-refractivity contribution < 1.29 is 0 Å². The Kier molecular flexibility index (Phi) is 5.64. The average molecular weight is 269 g/mol. The lowest BCUT2D eigenvalue weighted by Gasteiger charge is -2.24. The monoisotopic (exact) mass is 268 g/mol. The van der Waals surface area contributed by atoms with E-state index >= 15 is 0 Å². The number of rotatable bonds is 5. The minimum absolute atomic E-state index is 0.187. The van der Waals surface area contributed by atoms with Crippen molar-refractivity contribution in [1.29, 1.82) is 0 Å². The first-order valence-corrected chi connectivity index (χ1v) is 6.84. The molecule has 0 saturated heterocycles. The Labute approximate surface area is 116 Å². The van der Waals surface area contributed by atoms with Gasteiger partial charge < -0.3 is 10.2 Å². The number of hydrogen-bond donors (Lipinski definition) is 1. The number of likely N-dealkylation sites (N-methyl/N-ethyl adjacent to an activating group) is 1. The molecule has 0 atom stereocenters. The van der Waals surface area contributed by atoms with Crippen molar-refractivity contribution in [3.05, 3.63) is 34.3 Å². The first kappa shape index (κ1) is 15.5. The van der Waals surface area contributed by atoms with Crippen LogP contribution in [0.4, 0.5) is 0 Å². The molecule has 0 bridgehead atoms. The zero-order valence-corrected chi connectivity index (χ0v) is 12.9. The van der Waals surface area contributed by atoms with E-state index in [9.17, 15) is 0 Å². The maximum absolute atomic E-state index is 6.03. The fraction of sp³-hybridized carbons (Fsp3) is 0.600. The summed E-state index contributed by atoms with van der Waals surface area (Å²) in [6, 6.07) is 6.09. The number of benzene rings is 1. The largest absolute Gasteiger partial charge is 0.311 e. The molecule has 0 spiro atoms. The van der Waals surface area contributed by atoms with Crippen molar-refractivity contribution in [2.24, 2.45) is 0 Å². The molecule has 1 N–H and O–H groups in total. The van der Waals surface area contributed by atoms with Crippen LogP contribution in [0.15, 0.2) is 18.2 Å². The topological polar surface area (TPSA) is 15.3 Å². The molecule has 1 rings (SSSR count). The van der Waals surface area contributed by atoms with Crippen molar-refractivity contribution in [3.8, 4) is 0 Å². The summed E-state index contributed by atoms with van der Waals surface area (Å²) in [4.78, 5) is 2.32. The lowest BCUT2D eigenvalue weighted by molar-refractivity contribution is 0.303. The van der Waals surface area contributed by atoms with Gasteiger partial charge in [0, 0.05) is 30.2 Å². The van der Waals surface area contributed by atoms with Crippen LogP contribution in [0.3, 0.4) is 0 Å². The van der Waals surface area contributed by atoms with Gasteiger partial charge in [-0.1, -0.05) is 17.7 Å². The van der Waals surface area contributed by atoms with Crippen LogP contribution in [0.2, 0.25) is 5.02 Å². The summed E-state index contributed by atoms with van der Waals surface area (Å²) < 4.78 is 0. The average Bonchev–Trinajstić information content (AvgIpc) is 2.21. The van der Waals surface area contributed by atoms with Crippen LogP contribution in [0.1, 0.15) is 31.9 Å². The summed E-state index contributed by atoms with van der Waals surface area (Å²) in [7, 11) is 2.14. The Morgan fingerprint density at radius 3 is 2.56 bits per heavy atom. The molecule has 3 heteroatoms. The Bertz CT molecular complexity index is 383. The molecular weight excluding hydrogens is 244 g/mol. The van der Waals surface area contributed by atoms with Gasteiger partial charge in [-0.25, -0.2) is 0 Å². The second kappa shape index (κ2) is 6.55. The maximum Gasteiger partial charge on any atom is 0.0409 e. The van der Waals surface area contributed by atoms with Crippen molar-refractivity contribution in [3.63, 3.8) is 0 Å². The third-order valence-corrected chi connectivity index (χ3v) is 3.14. The number of hydrogen-bond acceptors (Lipinski definition) is 2.